The number of carboxylic acids is 1. The van der Waals surface area contributed by atoms with Gasteiger partial charge in [0.05, 0.1) is 5.69 Å². The van der Waals surface area contributed by atoms with Crippen LogP contribution in [-0.4, -0.2) is 27.8 Å². The fourth-order valence-electron chi connectivity index (χ4n) is 2.01. The van der Waals surface area contributed by atoms with E-state index in [2.05, 4.69) is 15.5 Å². The lowest BCUT2D eigenvalue weighted by molar-refractivity contribution is 0.0696. The quantitative estimate of drug-likeness (QED) is 0.885. The Bertz CT molecular complexity index is 674. The lowest BCUT2D eigenvalue weighted by atomic mass is 10.1. The molecule has 0 radical (unpaired) electrons. The molecule has 0 aliphatic heterocycles. The number of hydrogen-bond acceptors (Lipinski definition) is 4. The number of benzene rings is 1. The number of aryl methyl sites for hydroxylation is 1. The van der Waals surface area contributed by atoms with Crippen LogP contribution in [0.25, 0.3) is 0 Å². The molecule has 1 heterocycles. The van der Waals surface area contributed by atoms with Crippen molar-refractivity contribution in [3.05, 3.63) is 52.5 Å². The fourth-order valence-corrected chi connectivity index (χ4v) is 2.01. The number of aromatic nitrogens is 2. The number of rotatable bonds is 5. The number of carboxylic acid groups (broad SMARTS) is 1. The fraction of sp³-hybridized carbons (Fsp3) is 0.267. The van der Waals surface area contributed by atoms with Gasteiger partial charge in [0.1, 0.15) is 11.4 Å². The third-order valence-corrected chi connectivity index (χ3v) is 3.26. The molecule has 2 rings (SSSR count). The van der Waals surface area contributed by atoms with Crippen molar-refractivity contribution in [1.82, 2.24) is 10.2 Å². The van der Waals surface area contributed by atoms with E-state index in [1.165, 1.54) is 12.1 Å². The average Bonchev–Trinajstić information content (AvgIpc) is 2.42. The first kappa shape index (κ1) is 14.9. The van der Waals surface area contributed by atoms with E-state index in [1.54, 1.807) is 19.9 Å². The molecular formula is C15H16FN3O2. The predicted octanol–water partition coefficient (Wildman–Crippen LogP) is 2.59. The van der Waals surface area contributed by atoms with Gasteiger partial charge in [0.15, 0.2) is 5.82 Å². The first-order valence-corrected chi connectivity index (χ1v) is 6.54. The molecule has 21 heavy (non-hydrogen) atoms. The van der Waals surface area contributed by atoms with E-state index in [-0.39, 0.29) is 17.2 Å². The molecule has 0 fully saturated rings. The number of nitrogens with one attached hydrogen (secondary N) is 1. The van der Waals surface area contributed by atoms with Crippen molar-refractivity contribution in [2.24, 2.45) is 0 Å². The van der Waals surface area contributed by atoms with Crippen molar-refractivity contribution in [2.75, 3.05) is 11.9 Å². The van der Waals surface area contributed by atoms with Crippen LogP contribution in [0.3, 0.4) is 0 Å². The molecule has 0 spiro atoms. The van der Waals surface area contributed by atoms with Crippen LogP contribution in [-0.2, 0) is 6.42 Å². The summed E-state index contributed by atoms with van der Waals surface area (Å²) in [5.74, 6) is -1.09. The van der Waals surface area contributed by atoms with Gasteiger partial charge in [0, 0.05) is 6.54 Å². The van der Waals surface area contributed by atoms with E-state index in [4.69, 9.17) is 0 Å². The Kier molecular flexibility index (Phi) is 4.47. The van der Waals surface area contributed by atoms with Crippen LogP contribution in [0.15, 0.2) is 24.3 Å². The molecule has 110 valence electrons. The highest BCUT2D eigenvalue weighted by atomic mass is 19.1. The Morgan fingerprint density at radius 1 is 1.33 bits per heavy atom. The van der Waals surface area contributed by atoms with Gasteiger partial charge >= 0.3 is 5.97 Å². The zero-order valence-electron chi connectivity index (χ0n) is 11.9. The minimum atomic E-state index is -1.04. The van der Waals surface area contributed by atoms with Crippen molar-refractivity contribution >= 4 is 11.8 Å². The highest BCUT2D eigenvalue weighted by Gasteiger charge is 2.17. The zero-order valence-corrected chi connectivity index (χ0v) is 11.9. The van der Waals surface area contributed by atoms with Gasteiger partial charge in [0.2, 0.25) is 0 Å². The van der Waals surface area contributed by atoms with Crippen LogP contribution >= 0.6 is 0 Å². The van der Waals surface area contributed by atoms with Crippen LogP contribution in [0.1, 0.15) is 27.2 Å². The maximum absolute atomic E-state index is 13.1. The molecule has 0 aliphatic carbocycles. The second-order valence-electron chi connectivity index (χ2n) is 4.75. The molecule has 0 atom stereocenters. The van der Waals surface area contributed by atoms with E-state index in [1.807, 2.05) is 6.07 Å². The van der Waals surface area contributed by atoms with Crippen molar-refractivity contribution in [3.8, 4) is 0 Å². The summed E-state index contributed by atoms with van der Waals surface area (Å²) in [6.07, 6.45) is 0.561. The van der Waals surface area contributed by atoms with Gasteiger partial charge in [-0.2, -0.15) is 5.10 Å². The summed E-state index contributed by atoms with van der Waals surface area (Å²) in [4.78, 5) is 11.3. The van der Waals surface area contributed by atoms with Gasteiger partial charge in [-0.1, -0.05) is 12.1 Å². The van der Waals surface area contributed by atoms with Crippen LogP contribution < -0.4 is 5.32 Å². The number of nitrogens with zero attached hydrogens (tertiary/aromatic N) is 2. The van der Waals surface area contributed by atoms with Gasteiger partial charge in [-0.25, -0.2) is 9.18 Å². The van der Waals surface area contributed by atoms with E-state index in [0.717, 1.165) is 5.56 Å². The molecule has 2 N–H and O–H groups in total. The third-order valence-electron chi connectivity index (χ3n) is 3.26. The Balaban J connectivity index is 2.10. The van der Waals surface area contributed by atoms with Gasteiger partial charge in [-0.3, -0.25) is 0 Å². The van der Waals surface area contributed by atoms with Crippen LogP contribution in [0.2, 0.25) is 0 Å². The van der Waals surface area contributed by atoms with Gasteiger partial charge < -0.3 is 10.4 Å². The Morgan fingerprint density at radius 2 is 2.10 bits per heavy atom. The van der Waals surface area contributed by atoms with Gasteiger partial charge in [0.25, 0.3) is 0 Å². The molecule has 1 aromatic heterocycles. The monoisotopic (exact) mass is 289 g/mol. The SMILES string of the molecule is Cc1nnc(NCCc2cccc(F)c2)c(C(=O)O)c1C. The van der Waals surface area contributed by atoms with Crippen molar-refractivity contribution in [1.29, 1.82) is 0 Å². The normalized spacial score (nSPS) is 10.4. The molecule has 0 amide bonds. The van der Waals surface area contributed by atoms with Crippen LogP contribution in [0.5, 0.6) is 0 Å². The molecular weight excluding hydrogens is 273 g/mol. The Morgan fingerprint density at radius 3 is 2.76 bits per heavy atom. The second kappa shape index (κ2) is 6.30. The Labute approximate surface area is 121 Å². The van der Waals surface area contributed by atoms with E-state index in [9.17, 15) is 14.3 Å². The minimum absolute atomic E-state index is 0.127. The van der Waals surface area contributed by atoms with E-state index >= 15 is 0 Å². The number of aromatic carboxylic acids is 1. The summed E-state index contributed by atoms with van der Waals surface area (Å²) in [5.41, 5.74) is 2.13. The van der Waals surface area contributed by atoms with Gasteiger partial charge in [-0.15, -0.1) is 5.10 Å². The second-order valence-corrected chi connectivity index (χ2v) is 4.75. The van der Waals surface area contributed by atoms with Gasteiger partial charge in [-0.05, 0) is 43.5 Å². The van der Waals surface area contributed by atoms with Crippen molar-refractivity contribution in [2.45, 2.75) is 20.3 Å². The average molecular weight is 289 g/mol. The minimum Gasteiger partial charge on any atom is -0.478 e. The third kappa shape index (κ3) is 3.53. The van der Waals surface area contributed by atoms with E-state index in [0.29, 0.717) is 24.2 Å². The summed E-state index contributed by atoms with van der Waals surface area (Å²) >= 11 is 0. The van der Waals surface area contributed by atoms with Crippen LogP contribution in [0, 0.1) is 19.7 Å². The molecule has 1 aromatic carbocycles. The molecule has 0 unspecified atom stereocenters. The summed E-state index contributed by atoms with van der Waals surface area (Å²) in [6.45, 7) is 3.86. The van der Waals surface area contributed by atoms with E-state index < -0.39 is 5.97 Å². The van der Waals surface area contributed by atoms with Crippen molar-refractivity contribution in [3.63, 3.8) is 0 Å². The lowest BCUT2D eigenvalue weighted by Crippen LogP contribution is -2.14. The number of halogens is 1. The van der Waals surface area contributed by atoms with Crippen LogP contribution in [0.4, 0.5) is 10.2 Å². The molecule has 0 saturated carbocycles. The highest BCUT2D eigenvalue weighted by Crippen LogP contribution is 2.18. The molecule has 5 nitrogen and oxygen atoms in total. The first-order chi connectivity index (χ1) is 9.99. The highest BCUT2D eigenvalue weighted by molar-refractivity contribution is 5.94. The maximum Gasteiger partial charge on any atom is 0.339 e. The first-order valence-electron chi connectivity index (χ1n) is 6.54. The summed E-state index contributed by atoms with van der Waals surface area (Å²) in [5, 5.41) is 20.0. The molecule has 0 aliphatic rings. The standard InChI is InChI=1S/C15H16FN3O2/c1-9-10(2)18-19-14(13(9)15(20)21)17-7-6-11-4-3-5-12(16)8-11/h3-5,8H,6-7H2,1-2H3,(H,17,19)(H,20,21). The largest absolute Gasteiger partial charge is 0.478 e. The summed E-state index contributed by atoms with van der Waals surface area (Å²) < 4.78 is 13.1. The van der Waals surface area contributed by atoms with Crippen molar-refractivity contribution < 1.29 is 14.3 Å². The maximum atomic E-state index is 13.1. The smallest absolute Gasteiger partial charge is 0.339 e. The number of anilines is 1. The number of carbonyl (C=O) groups is 1. The zero-order chi connectivity index (χ0) is 15.4. The Hall–Kier alpha value is -2.50. The molecule has 0 bridgehead atoms. The predicted molar refractivity (Wildman–Crippen MR) is 77.1 cm³/mol. The summed E-state index contributed by atoms with van der Waals surface area (Å²) in [7, 11) is 0. The number of hydrogen-bond donors (Lipinski definition) is 2. The summed E-state index contributed by atoms with van der Waals surface area (Å²) in [6, 6.07) is 6.29. The molecule has 0 saturated heterocycles. The molecule has 2 aromatic rings. The molecule has 6 heteroatoms. The topological polar surface area (TPSA) is 75.1 Å². The lowest BCUT2D eigenvalue weighted by Gasteiger charge is -2.11.